The standard InChI is InChI=1S/C18H25N3O2/c1-2-21-9-17-16(13-23-11-14-3-4-14)8-20(10-18(17)19-21)7-15-5-6-22-12-15/h5-6,9,12,14,16H,2-4,7-8,10-11,13H2,1H3/t16-/m0/s1. The number of rotatable bonds is 7. The zero-order valence-electron chi connectivity index (χ0n) is 13.8. The minimum absolute atomic E-state index is 0.421. The Labute approximate surface area is 137 Å². The first-order valence-electron chi connectivity index (χ1n) is 8.69. The van der Waals surface area contributed by atoms with E-state index in [9.17, 15) is 0 Å². The molecule has 23 heavy (non-hydrogen) atoms. The van der Waals surface area contributed by atoms with Crippen molar-refractivity contribution in [1.29, 1.82) is 0 Å². The fraction of sp³-hybridized carbons (Fsp3) is 0.611. The Hall–Kier alpha value is -1.59. The second-order valence-corrected chi connectivity index (χ2v) is 6.87. The summed E-state index contributed by atoms with van der Waals surface area (Å²) in [5.74, 6) is 1.24. The Morgan fingerprint density at radius 3 is 3.00 bits per heavy atom. The second-order valence-electron chi connectivity index (χ2n) is 6.87. The van der Waals surface area contributed by atoms with E-state index in [4.69, 9.17) is 14.3 Å². The monoisotopic (exact) mass is 315 g/mol. The number of aryl methyl sites for hydroxylation is 1. The topological polar surface area (TPSA) is 43.4 Å². The van der Waals surface area contributed by atoms with Crippen LogP contribution in [0.5, 0.6) is 0 Å². The summed E-state index contributed by atoms with van der Waals surface area (Å²) in [7, 11) is 0. The van der Waals surface area contributed by atoms with Crippen LogP contribution in [0.4, 0.5) is 0 Å². The lowest BCUT2D eigenvalue weighted by Crippen LogP contribution is -2.34. The highest BCUT2D eigenvalue weighted by Crippen LogP contribution is 2.31. The lowest BCUT2D eigenvalue weighted by Gasteiger charge is -2.31. The summed E-state index contributed by atoms with van der Waals surface area (Å²) in [6, 6.07) is 2.04. The summed E-state index contributed by atoms with van der Waals surface area (Å²) in [6.45, 7) is 7.64. The van der Waals surface area contributed by atoms with Crippen LogP contribution < -0.4 is 0 Å². The molecule has 0 unspecified atom stereocenters. The molecule has 0 bridgehead atoms. The maximum absolute atomic E-state index is 6.00. The van der Waals surface area contributed by atoms with Gasteiger partial charge in [0.25, 0.3) is 0 Å². The van der Waals surface area contributed by atoms with Gasteiger partial charge in [0.1, 0.15) is 0 Å². The highest BCUT2D eigenvalue weighted by molar-refractivity contribution is 5.26. The SMILES string of the molecule is CCn1cc2c(n1)CN(Cc1ccoc1)C[C@H]2COCC1CC1. The van der Waals surface area contributed by atoms with Crippen LogP contribution in [0.1, 0.15) is 42.5 Å². The Morgan fingerprint density at radius 2 is 2.26 bits per heavy atom. The molecule has 0 radical (unpaired) electrons. The van der Waals surface area contributed by atoms with Crippen LogP contribution in [0.25, 0.3) is 0 Å². The Bertz CT molecular complexity index is 631. The van der Waals surface area contributed by atoms with Crippen LogP contribution in [-0.4, -0.2) is 34.4 Å². The molecule has 5 heteroatoms. The molecule has 2 aliphatic rings. The minimum Gasteiger partial charge on any atom is -0.472 e. The molecule has 3 heterocycles. The lowest BCUT2D eigenvalue weighted by atomic mass is 9.95. The predicted molar refractivity (Wildman–Crippen MR) is 87.0 cm³/mol. The fourth-order valence-electron chi connectivity index (χ4n) is 3.35. The van der Waals surface area contributed by atoms with Crippen molar-refractivity contribution in [3.63, 3.8) is 0 Å². The van der Waals surface area contributed by atoms with Crippen molar-refractivity contribution in [2.24, 2.45) is 5.92 Å². The van der Waals surface area contributed by atoms with Crippen LogP contribution in [-0.2, 0) is 24.4 Å². The van der Waals surface area contributed by atoms with E-state index in [0.29, 0.717) is 5.92 Å². The quantitative estimate of drug-likeness (QED) is 0.788. The molecule has 1 saturated carbocycles. The van der Waals surface area contributed by atoms with E-state index in [0.717, 1.165) is 45.3 Å². The highest BCUT2D eigenvalue weighted by atomic mass is 16.5. The minimum atomic E-state index is 0.421. The van der Waals surface area contributed by atoms with Gasteiger partial charge in [0.05, 0.1) is 24.8 Å². The third kappa shape index (κ3) is 3.51. The molecular formula is C18H25N3O2. The third-order valence-corrected chi connectivity index (χ3v) is 4.84. The Kier molecular flexibility index (Phi) is 4.23. The molecule has 124 valence electrons. The smallest absolute Gasteiger partial charge is 0.0947 e. The maximum atomic E-state index is 6.00. The number of hydrogen-bond acceptors (Lipinski definition) is 4. The second kappa shape index (κ2) is 6.49. The van der Waals surface area contributed by atoms with Gasteiger partial charge in [0.15, 0.2) is 0 Å². The van der Waals surface area contributed by atoms with Crippen molar-refractivity contribution < 1.29 is 9.15 Å². The van der Waals surface area contributed by atoms with Gasteiger partial charge in [-0.25, -0.2) is 0 Å². The van der Waals surface area contributed by atoms with E-state index in [-0.39, 0.29) is 0 Å². The summed E-state index contributed by atoms with van der Waals surface area (Å²) in [5, 5.41) is 4.75. The number of ether oxygens (including phenoxy) is 1. The molecule has 5 nitrogen and oxygen atoms in total. The van der Waals surface area contributed by atoms with Crippen LogP contribution in [0.15, 0.2) is 29.2 Å². The number of aromatic nitrogens is 2. The van der Waals surface area contributed by atoms with Crippen molar-refractivity contribution in [3.8, 4) is 0 Å². The summed E-state index contributed by atoms with van der Waals surface area (Å²) in [4.78, 5) is 2.45. The van der Waals surface area contributed by atoms with Gasteiger partial charge in [-0.05, 0) is 31.7 Å². The van der Waals surface area contributed by atoms with Crippen molar-refractivity contribution >= 4 is 0 Å². The third-order valence-electron chi connectivity index (χ3n) is 4.84. The van der Waals surface area contributed by atoms with E-state index in [1.807, 2.05) is 12.3 Å². The average Bonchev–Trinajstić information content (AvgIpc) is 3.06. The fourth-order valence-corrected chi connectivity index (χ4v) is 3.35. The summed E-state index contributed by atoms with van der Waals surface area (Å²) in [6.07, 6.45) is 8.48. The number of fused-ring (bicyclic) bond motifs is 1. The van der Waals surface area contributed by atoms with Crippen LogP contribution in [0.2, 0.25) is 0 Å². The van der Waals surface area contributed by atoms with Gasteiger partial charge in [0.2, 0.25) is 0 Å². The zero-order chi connectivity index (χ0) is 15.6. The number of nitrogens with zero attached hydrogens (tertiary/aromatic N) is 3. The molecule has 1 fully saturated rings. The summed E-state index contributed by atoms with van der Waals surface area (Å²) in [5.41, 5.74) is 3.81. The molecule has 2 aromatic rings. The van der Waals surface area contributed by atoms with E-state index < -0.39 is 0 Å². The molecule has 0 saturated heterocycles. The molecule has 4 rings (SSSR count). The first-order chi connectivity index (χ1) is 11.3. The van der Waals surface area contributed by atoms with E-state index >= 15 is 0 Å². The van der Waals surface area contributed by atoms with Gasteiger partial charge in [-0.2, -0.15) is 5.10 Å². The molecule has 0 N–H and O–H groups in total. The van der Waals surface area contributed by atoms with Crippen LogP contribution in [0.3, 0.4) is 0 Å². The largest absolute Gasteiger partial charge is 0.472 e. The van der Waals surface area contributed by atoms with Gasteiger partial charge < -0.3 is 9.15 Å². The number of furan rings is 1. The van der Waals surface area contributed by atoms with Gasteiger partial charge in [-0.15, -0.1) is 0 Å². The van der Waals surface area contributed by atoms with Gasteiger partial charge in [-0.3, -0.25) is 9.58 Å². The predicted octanol–water partition coefficient (Wildman–Crippen LogP) is 3.02. The Morgan fingerprint density at radius 1 is 1.35 bits per heavy atom. The average molecular weight is 315 g/mol. The molecular weight excluding hydrogens is 290 g/mol. The molecule has 0 spiro atoms. The van der Waals surface area contributed by atoms with Crippen molar-refractivity contribution in [2.75, 3.05) is 19.8 Å². The lowest BCUT2D eigenvalue weighted by molar-refractivity contribution is 0.0890. The van der Waals surface area contributed by atoms with Gasteiger partial charge in [0, 0.05) is 56.0 Å². The summed E-state index contributed by atoms with van der Waals surface area (Å²) < 4.78 is 13.3. The molecule has 0 aromatic carbocycles. The first kappa shape index (κ1) is 15.0. The highest BCUT2D eigenvalue weighted by Gasteiger charge is 2.29. The molecule has 1 atom stereocenters. The van der Waals surface area contributed by atoms with Crippen molar-refractivity contribution in [3.05, 3.63) is 41.6 Å². The first-order valence-corrected chi connectivity index (χ1v) is 8.69. The molecule has 0 amide bonds. The molecule has 2 aromatic heterocycles. The van der Waals surface area contributed by atoms with Crippen LogP contribution in [0, 0.1) is 5.92 Å². The molecule has 1 aliphatic heterocycles. The molecule has 1 aliphatic carbocycles. The van der Waals surface area contributed by atoms with Crippen molar-refractivity contribution in [1.82, 2.24) is 14.7 Å². The summed E-state index contributed by atoms with van der Waals surface area (Å²) >= 11 is 0. The van der Waals surface area contributed by atoms with E-state index in [1.165, 1.54) is 29.7 Å². The maximum Gasteiger partial charge on any atom is 0.0947 e. The van der Waals surface area contributed by atoms with E-state index in [2.05, 4.69) is 22.7 Å². The van der Waals surface area contributed by atoms with Gasteiger partial charge in [-0.1, -0.05) is 0 Å². The van der Waals surface area contributed by atoms with E-state index in [1.54, 1.807) is 6.26 Å². The van der Waals surface area contributed by atoms with Gasteiger partial charge >= 0.3 is 0 Å². The normalized spacial score (nSPS) is 21.5. The zero-order valence-corrected chi connectivity index (χ0v) is 13.8. The Balaban J connectivity index is 1.46. The van der Waals surface area contributed by atoms with Crippen LogP contribution >= 0.6 is 0 Å². The number of hydrogen-bond donors (Lipinski definition) is 0. The van der Waals surface area contributed by atoms with Crippen molar-refractivity contribution in [2.45, 2.75) is 45.3 Å².